The van der Waals surface area contributed by atoms with E-state index in [-0.39, 0.29) is 6.04 Å². The molecule has 0 spiro atoms. The minimum Gasteiger partial charge on any atom is -0.390 e. The summed E-state index contributed by atoms with van der Waals surface area (Å²) in [7, 11) is 0. The maximum atomic E-state index is 9.74. The SMILES string of the molecule is NCC(O)C1NCCc2ccccc21. The molecule has 1 aliphatic heterocycles. The van der Waals surface area contributed by atoms with Crippen molar-refractivity contribution in [3.8, 4) is 0 Å². The van der Waals surface area contributed by atoms with Crippen molar-refractivity contribution < 1.29 is 5.11 Å². The molecule has 4 N–H and O–H groups in total. The Hall–Kier alpha value is -0.900. The van der Waals surface area contributed by atoms with E-state index < -0.39 is 6.10 Å². The van der Waals surface area contributed by atoms with Gasteiger partial charge in [-0.15, -0.1) is 0 Å². The van der Waals surface area contributed by atoms with E-state index in [1.165, 1.54) is 11.1 Å². The monoisotopic (exact) mass is 192 g/mol. The summed E-state index contributed by atoms with van der Waals surface area (Å²) in [5, 5.41) is 13.0. The quantitative estimate of drug-likeness (QED) is 0.627. The minimum atomic E-state index is -0.489. The molecule has 0 saturated carbocycles. The lowest BCUT2D eigenvalue weighted by Crippen LogP contribution is -2.40. The number of rotatable bonds is 2. The Morgan fingerprint density at radius 1 is 1.50 bits per heavy atom. The summed E-state index contributed by atoms with van der Waals surface area (Å²) in [5.74, 6) is 0. The molecule has 0 radical (unpaired) electrons. The average molecular weight is 192 g/mol. The molecule has 1 aliphatic rings. The van der Waals surface area contributed by atoms with Gasteiger partial charge in [-0.3, -0.25) is 0 Å². The van der Waals surface area contributed by atoms with Crippen LogP contribution in [0.1, 0.15) is 17.2 Å². The largest absolute Gasteiger partial charge is 0.390 e. The first-order chi connectivity index (χ1) is 6.83. The molecule has 76 valence electrons. The lowest BCUT2D eigenvalue weighted by molar-refractivity contribution is 0.132. The Balaban J connectivity index is 2.30. The molecule has 0 aliphatic carbocycles. The number of hydrogen-bond donors (Lipinski definition) is 3. The third kappa shape index (κ3) is 1.66. The Morgan fingerprint density at radius 3 is 3.07 bits per heavy atom. The van der Waals surface area contributed by atoms with Gasteiger partial charge in [-0.05, 0) is 24.1 Å². The first-order valence-electron chi connectivity index (χ1n) is 5.02. The fourth-order valence-electron chi connectivity index (χ4n) is 2.02. The summed E-state index contributed by atoms with van der Waals surface area (Å²) >= 11 is 0. The van der Waals surface area contributed by atoms with Crippen molar-refractivity contribution in [2.24, 2.45) is 5.73 Å². The fourth-order valence-corrected chi connectivity index (χ4v) is 2.02. The second-order valence-electron chi connectivity index (χ2n) is 3.68. The summed E-state index contributed by atoms with van der Waals surface area (Å²) in [5.41, 5.74) is 7.98. The maximum Gasteiger partial charge on any atom is 0.0856 e. The van der Waals surface area contributed by atoms with E-state index >= 15 is 0 Å². The number of fused-ring (bicyclic) bond motifs is 1. The first-order valence-corrected chi connectivity index (χ1v) is 5.02. The smallest absolute Gasteiger partial charge is 0.0856 e. The van der Waals surface area contributed by atoms with E-state index in [1.807, 2.05) is 12.1 Å². The molecule has 0 bridgehead atoms. The van der Waals surface area contributed by atoms with Crippen molar-refractivity contribution in [1.29, 1.82) is 0 Å². The van der Waals surface area contributed by atoms with Gasteiger partial charge >= 0.3 is 0 Å². The maximum absolute atomic E-state index is 9.74. The number of nitrogens with one attached hydrogen (secondary N) is 1. The van der Waals surface area contributed by atoms with Crippen molar-refractivity contribution >= 4 is 0 Å². The van der Waals surface area contributed by atoms with Gasteiger partial charge in [-0.2, -0.15) is 0 Å². The topological polar surface area (TPSA) is 58.3 Å². The molecule has 3 nitrogen and oxygen atoms in total. The van der Waals surface area contributed by atoms with Crippen LogP contribution < -0.4 is 11.1 Å². The summed E-state index contributed by atoms with van der Waals surface area (Å²) in [6.07, 6.45) is 0.542. The number of aliphatic hydroxyl groups excluding tert-OH is 1. The lowest BCUT2D eigenvalue weighted by atomic mass is 9.91. The van der Waals surface area contributed by atoms with Crippen LogP contribution in [0.5, 0.6) is 0 Å². The number of hydrogen-bond acceptors (Lipinski definition) is 3. The Morgan fingerprint density at radius 2 is 2.29 bits per heavy atom. The van der Waals surface area contributed by atoms with Gasteiger partial charge in [0.2, 0.25) is 0 Å². The predicted octanol–water partition coefficient (Wildman–Crippen LogP) is 0.193. The molecule has 0 amide bonds. The molecule has 2 rings (SSSR count). The van der Waals surface area contributed by atoms with Crippen LogP contribution in [-0.4, -0.2) is 24.3 Å². The molecule has 1 aromatic carbocycles. The van der Waals surface area contributed by atoms with Crippen molar-refractivity contribution in [2.45, 2.75) is 18.6 Å². The lowest BCUT2D eigenvalue weighted by Gasteiger charge is -2.29. The van der Waals surface area contributed by atoms with Gasteiger partial charge in [0.05, 0.1) is 12.1 Å². The van der Waals surface area contributed by atoms with Gasteiger partial charge in [-0.25, -0.2) is 0 Å². The Labute approximate surface area is 83.9 Å². The second-order valence-corrected chi connectivity index (χ2v) is 3.68. The van der Waals surface area contributed by atoms with Crippen molar-refractivity contribution in [2.75, 3.05) is 13.1 Å². The highest BCUT2D eigenvalue weighted by Crippen LogP contribution is 2.24. The number of benzene rings is 1. The summed E-state index contributed by atoms with van der Waals surface area (Å²) < 4.78 is 0. The zero-order valence-electron chi connectivity index (χ0n) is 8.11. The molecule has 0 aromatic heterocycles. The molecule has 2 unspecified atom stereocenters. The minimum absolute atomic E-state index is 0.00458. The molecule has 14 heavy (non-hydrogen) atoms. The first kappa shape index (κ1) is 9.65. The zero-order chi connectivity index (χ0) is 9.97. The Bertz CT molecular complexity index is 314. The van der Waals surface area contributed by atoms with Crippen LogP contribution in [0.2, 0.25) is 0 Å². The number of nitrogens with two attached hydrogens (primary N) is 1. The van der Waals surface area contributed by atoms with Crippen molar-refractivity contribution in [1.82, 2.24) is 5.32 Å². The second kappa shape index (κ2) is 4.09. The van der Waals surface area contributed by atoms with E-state index in [0.29, 0.717) is 6.54 Å². The molecule has 1 aromatic rings. The summed E-state index contributed by atoms with van der Waals surface area (Å²) in [4.78, 5) is 0. The van der Waals surface area contributed by atoms with E-state index in [4.69, 9.17) is 5.73 Å². The average Bonchev–Trinajstić information content (AvgIpc) is 2.27. The molecule has 2 atom stereocenters. The molecule has 0 fully saturated rings. The molecule has 3 heteroatoms. The highest BCUT2D eigenvalue weighted by atomic mass is 16.3. The van der Waals surface area contributed by atoms with Crippen LogP contribution >= 0.6 is 0 Å². The van der Waals surface area contributed by atoms with Gasteiger partial charge in [0.15, 0.2) is 0 Å². The predicted molar refractivity (Wildman–Crippen MR) is 56.0 cm³/mol. The number of aliphatic hydroxyl groups is 1. The molecular formula is C11H16N2O. The van der Waals surface area contributed by atoms with Gasteiger partial charge in [0, 0.05) is 6.54 Å². The molecule has 1 heterocycles. The van der Waals surface area contributed by atoms with Crippen LogP contribution in [-0.2, 0) is 6.42 Å². The Kier molecular flexibility index (Phi) is 2.82. The van der Waals surface area contributed by atoms with Gasteiger partial charge in [0.25, 0.3) is 0 Å². The van der Waals surface area contributed by atoms with Gasteiger partial charge in [0.1, 0.15) is 0 Å². The van der Waals surface area contributed by atoms with E-state index in [9.17, 15) is 5.11 Å². The fraction of sp³-hybridized carbons (Fsp3) is 0.455. The van der Waals surface area contributed by atoms with Gasteiger partial charge < -0.3 is 16.2 Å². The normalized spacial score (nSPS) is 22.9. The zero-order valence-corrected chi connectivity index (χ0v) is 8.11. The van der Waals surface area contributed by atoms with E-state index in [0.717, 1.165) is 13.0 Å². The molecule has 0 saturated heterocycles. The van der Waals surface area contributed by atoms with E-state index in [2.05, 4.69) is 17.4 Å². The van der Waals surface area contributed by atoms with Crippen LogP contribution in [0.3, 0.4) is 0 Å². The highest BCUT2D eigenvalue weighted by Gasteiger charge is 2.24. The third-order valence-corrected chi connectivity index (χ3v) is 2.78. The van der Waals surface area contributed by atoms with E-state index in [1.54, 1.807) is 0 Å². The van der Waals surface area contributed by atoms with Crippen LogP contribution in [0.25, 0.3) is 0 Å². The standard InChI is InChI=1S/C11H16N2O/c12-7-10(14)11-9-4-2-1-3-8(9)5-6-13-11/h1-4,10-11,13-14H,5-7,12H2. The van der Waals surface area contributed by atoms with Crippen molar-refractivity contribution in [3.05, 3.63) is 35.4 Å². The van der Waals surface area contributed by atoms with Crippen molar-refractivity contribution in [3.63, 3.8) is 0 Å². The van der Waals surface area contributed by atoms with Gasteiger partial charge in [-0.1, -0.05) is 24.3 Å². The summed E-state index contributed by atoms with van der Waals surface area (Å²) in [6, 6.07) is 8.22. The van der Waals surface area contributed by atoms with Crippen LogP contribution in [0, 0.1) is 0 Å². The van der Waals surface area contributed by atoms with Crippen LogP contribution in [0.4, 0.5) is 0 Å². The third-order valence-electron chi connectivity index (χ3n) is 2.78. The van der Waals surface area contributed by atoms with Crippen LogP contribution in [0.15, 0.2) is 24.3 Å². The summed E-state index contributed by atoms with van der Waals surface area (Å²) in [6.45, 7) is 1.21. The highest BCUT2D eigenvalue weighted by molar-refractivity contribution is 5.33. The molecular weight excluding hydrogens is 176 g/mol.